The Morgan fingerprint density at radius 2 is 1.92 bits per heavy atom. The zero-order valence-corrected chi connectivity index (χ0v) is 15.3. The van der Waals surface area contributed by atoms with Crippen LogP contribution in [0.15, 0.2) is 42.6 Å². The number of nitrogens with zero attached hydrogens (tertiary/aromatic N) is 2. The van der Waals surface area contributed by atoms with Crippen molar-refractivity contribution in [3.8, 4) is 0 Å². The van der Waals surface area contributed by atoms with E-state index < -0.39 is 0 Å². The summed E-state index contributed by atoms with van der Waals surface area (Å²) < 4.78 is 5.34. The Morgan fingerprint density at radius 3 is 2.62 bits per heavy atom. The quantitative estimate of drug-likeness (QED) is 0.779. The van der Waals surface area contributed by atoms with Crippen LogP contribution in [-0.2, 0) is 11.3 Å². The fraction of sp³-hybridized carbons (Fsp3) is 0.368. The van der Waals surface area contributed by atoms with Gasteiger partial charge in [-0.15, -0.1) is 0 Å². The number of morpholine rings is 1. The average Bonchev–Trinajstić information content (AvgIpc) is 2.69. The van der Waals surface area contributed by atoms with Crippen LogP contribution in [0.1, 0.15) is 16.1 Å². The lowest BCUT2D eigenvalue weighted by molar-refractivity contribution is 0.0398. The van der Waals surface area contributed by atoms with Crippen molar-refractivity contribution in [2.45, 2.75) is 6.54 Å². The number of ether oxygens (including phenoxy) is 1. The highest BCUT2D eigenvalue weighted by Gasteiger charge is 2.10. The Labute approximate surface area is 158 Å². The lowest BCUT2D eigenvalue weighted by Crippen LogP contribution is -2.39. The van der Waals surface area contributed by atoms with Gasteiger partial charge in [-0.05, 0) is 29.8 Å². The number of aromatic nitrogens is 1. The fourth-order valence-electron chi connectivity index (χ4n) is 2.69. The van der Waals surface area contributed by atoms with Crippen LogP contribution >= 0.6 is 11.6 Å². The van der Waals surface area contributed by atoms with Gasteiger partial charge >= 0.3 is 0 Å². The Kier molecular flexibility index (Phi) is 6.82. The number of nitrogens with one attached hydrogen (secondary N) is 2. The molecule has 6 nitrogen and oxygen atoms in total. The van der Waals surface area contributed by atoms with E-state index in [1.165, 1.54) is 0 Å². The molecule has 2 heterocycles. The van der Waals surface area contributed by atoms with Crippen molar-refractivity contribution in [1.29, 1.82) is 0 Å². The maximum atomic E-state index is 12.2. The van der Waals surface area contributed by atoms with E-state index in [1.807, 2.05) is 18.2 Å². The first-order valence-electron chi connectivity index (χ1n) is 8.73. The fourth-order valence-corrected chi connectivity index (χ4v) is 2.82. The number of rotatable bonds is 7. The van der Waals surface area contributed by atoms with E-state index in [1.54, 1.807) is 24.4 Å². The molecule has 1 aliphatic rings. The normalized spacial score (nSPS) is 14.8. The van der Waals surface area contributed by atoms with Crippen LogP contribution in [0.2, 0.25) is 5.02 Å². The molecule has 0 radical (unpaired) electrons. The second kappa shape index (κ2) is 9.52. The van der Waals surface area contributed by atoms with Crippen molar-refractivity contribution in [2.24, 2.45) is 0 Å². The Balaban J connectivity index is 1.42. The molecule has 0 saturated carbocycles. The summed E-state index contributed by atoms with van der Waals surface area (Å²) in [6.45, 7) is 5.82. The number of hydrogen-bond acceptors (Lipinski definition) is 5. The van der Waals surface area contributed by atoms with Crippen LogP contribution in [0.4, 0.5) is 5.69 Å². The van der Waals surface area contributed by atoms with E-state index in [9.17, 15) is 4.79 Å². The van der Waals surface area contributed by atoms with E-state index in [0.717, 1.165) is 50.6 Å². The lowest BCUT2D eigenvalue weighted by atomic mass is 10.2. The number of carbonyl (C=O) groups excluding carboxylic acids is 1. The average molecular weight is 375 g/mol. The highest BCUT2D eigenvalue weighted by molar-refractivity contribution is 6.30. The summed E-state index contributed by atoms with van der Waals surface area (Å²) in [5.41, 5.74) is 2.30. The van der Waals surface area contributed by atoms with Crippen LogP contribution in [0, 0.1) is 0 Å². The summed E-state index contributed by atoms with van der Waals surface area (Å²) in [7, 11) is 0. The third-order valence-electron chi connectivity index (χ3n) is 4.22. The van der Waals surface area contributed by atoms with Crippen molar-refractivity contribution in [3.05, 3.63) is 58.9 Å². The number of halogens is 1. The van der Waals surface area contributed by atoms with Gasteiger partial charge in [0.15, 0.2) is 0 Å². The van der Waals surface area contributed by atoms with Gasteiger partial charge in [-0.25, -0.2) is 4.98 Å². The minimum Gasteiger partial charge on any atom is -0.383 e. The van der Waals surface area contributed by atoms with Gasteiger partial charge in [-0.2, -0.15) is 0 Å². The van der Waals surface area contributed by atoms with Crippen molar-refractivity contribution in [1.82, 2.24) is 15.2 Å². The number of hydrogen-bond donors (Lipinski definition) is 2. The van der Waals surface area contributed by atoms with Gasteiger partial charge in [0.1, 0.15) is 5.69 Å². The highest BCUT2D eigenvalue weighted by atomic mass is 35.5. The standard InChI is InChI=1S/C19H23ClN4O2/c20-16-3-1-15(2-4-16)13-23-19(25)18-6-5-17(14-22-18)21-7-8-24-9-11-26-12-10-24/h1-6,14,21H,7-13H2,(H,23,25). The molecule has 2 N–H and O–H groups in total. The zero-order valence-electron chi connectivity index (χ0n) is 14.6. The maximum absolute atomic E-state index is 12.2. The Bertz CT molecular complexity index is 700. The highest BCUT2D eigenvalue weighted by Crippen LogP contribution is 2.10. The molecule has 0 spiro atoms. The van der Waals surface area contributed by atoms with Gasteiger partial charge in [-0.3, -0.25) is 9.69 Å². The first-order chi connectivity index (χ1) is 12.7. The SMILES string of the molecule is O=C(NCc1ccc(Cl)cc1)c1ccc(NCCN2CCOCC2)cn1. The molecule has 0 unspecified atom stereocenters. The maximum Gasteiger partial charge on any atom is 0.270 e. The number of pyridine rings is 1. The topological polar surface area (TPSA) is 66.5 Å². The molecule has 1 saturated heterocycles. The van der Waals surface area contributed by atoms with Gasteiger partial charge in [-0.1, -0.05) is 23.7 Å². The molecule has 1 aliphatic heterocycles. The van der Waals surface area contributed by atoms with Crippen LogP contribution in [0.3, 0.4) is 0 Å². The van der Waals surface area contributed by atoms with Gasteiger partial charge in [0.2, 0.25) is 0 Å². The molecule has 0 atom stereocenters. The van der Waals surface area contributed by atoms with E-state index in [2.05, 4.69) is 20.5 Å². The summed E-state index contributed by atoms with van der Waals surface area (Å²) in [6, 6.07) is 11.0. The van der Waals surface area contributed by atoms with Gasteiger partial charge in [0.05, 0.1) is 25.1 Å². The van der Waals surface area contributed by atoms with Crippen LogP contribution in [-0.4, -0.2) is 55.2 Å². The summed E-state index contributed by atoms with van der Waals surface area (Å²) >= 11 is 5.85. The molecule has 2 aromatic rings. The Hall–Kier alpha value is -2.15. The molecular formula is C19H23ClN4O2. The smallest absolute Gasteiger partial charge is 0.270 e. The largest absolute Gasteiger partial charge is 0.383 e. The summed E-state index contributed by atoms with van der Waals surface area (Å²) in [5.74, 6) is -0.195. The molecule has 3 rings (SSSR count). The molecule has 138 valence electrons. The minimum absolute atomic E-state index is 0.195. The first-order valence-corrected chi connectivity index (χ1v) is 9.11. The number of anilines is 1. The third kappa shape index (κ3) is 5.69. The zero-order chi connectivity index (χ0) is 18.2. The molecule has 26 heavy (non-hydrogen) atoms. The van der Waals surface area contributed by atoms with Crippen molar-refractivity contribution in [2.75, 3.05) is 44.7 Å². The molecule has 1 aromatic carbocycles. The van der Waals surface area contributed by atoms with Gasteiger partial charge < -0.3 is 15.4 Å². The molecule has 1 amide bonds. The second-order valence-electron chi connectivity index (χ2n) is 6.12. The predicted octanol–water partition coefficient (Wildman–Crippen LogP) is 2.41. The third-order valence-corrected chi connectivity index (χ3v) is 4.48. The van der Waals surface area contributed by atoms with E-state index in [-0.39, 0.29) is 5.91 Å². The van der Waals surface area contributed by atoms with E-state index >= 15 is 0 Å². The molecule has 0 aliphatic carbocycles. The summed E-state index contributed by atoms with van der Waals surface area (Å²) in [5, 5.41) is 6.87. The van der Waals surface area contributed by atoms with Crippen molar-refractivity contribution >= 4 is 23.2 Å². The molecule has 7 heteroatoms. The summed E-state index contributed by atoms with van der Waals surface area (Å²) in [4.78, 5) is 18.8. The molecule has 1 fully saturated rings. The monoisotopic (exact) mass is 374 g/mol. The van der Waals surface area contributed by atoms with E-state index in [4.69, 9.17) is 16.3 Å². The van der Waals surface area contributed by atoms with Gasteiger partial charge in [0.25, 0.3) is 5.91 Å². The van der Waals surface area contributed by atoms with Gasteiger partial charge in [0, 0.05) is 37.7 Å². The molecule has 1 aromatic heterocycles. The van der Waals surface area contributed by atoms with Crippen LogP contribution in [0.25, 0.3) is 0 Å². The van der Waals surface area contributed by atoms with Crippen LogP contribution in [0.5, 0.6) is 0 Å². The second-order valence-corrected chi connectivity index (χ2v) is 6.56. The lowest BCUT2D eigenvalue weighted by Gasteiger charge is -2.26. The Morgan fingerprint density at radius 1 is 1.15 bits per heavy atom. The molecule has 0 bridgehead atoms. The number of amides is 1. The van der Waals surface area contributed by atoms with Crippen molar-refractivity contribution < 1.29 is 9.53 Å². The van der Waals surface area contributed by atoms with E-state index in [0.29, 0.717) is 17.3 Å². The minimum atomic E-state index is -0.195. The van der Waals surface area contributed by atoms with Crippen LogP contribution < -0.4 is 10.6 Å². The number of carbonyl (C=O) groups is 1. The number of benzene rings is 1. The predicted molar refractivity (Wildman–Crippen MR) is 103 cm³/mol. The molecular weight excluding hydrogens is 352 g/mol. The van der Waals surface area contributed by atoms with Crippen molar-refractivity contribution in [3.63, 3.8) is 0 Å². The summed E-state index contributed by atoms with van der Waals surface area (Å²) in [6.07, 6.45) is 1.69. The first kappa shape index (κ1) is 18.6.